The minimum atomic E-state index is -0.0493. The number of likely N-dealkylation sites (N-methyl/N-ethyl adjacent to an activating group) is 1. The predicted octanol–water partition coefficient (Wildman–Crippen LogP) is 3.33. The fraction of sp³-hybridized carbons (Fsp3) is 0.524. The van der Waals surface area contributed by atoms with E-state index in [4.69, 9.17) is 4.42 Å². The standard InChI is InChI=1S/C21H33N5O/c1-7-22-20(25-15-19-23-14-18(27-19)21(2,3)4)24-13-17(26(5)6)16-11-9-8-10-12-16/h8-12,14,17H,7,13,15H2,1-6H3,(H2,22,24,25). The fourth-order valence-electron chi connectivity index (χ4n) is 2.69. The summed E-state index contributed by atoms with van der Waals surface area (Å²) in [5.41, 5.74) is 1.22. The average Bonchev–Trinajstić information content (AvgIpc) is 3.10. The van der Waals surface area contributed by atoms with Crippen LogP contribution in [-0.4, -0.2) is 43.0 Å². The van der Waals surface area contributed by atoms with E-state index in [9.17, 15) is 0 Å². The molecule has 0 aliphatic carbocycles. The minimum absolute atomic E-state index is 0.0493. The molecule has 0 saturated heterocycles. The molecule has 0 saturated carbocycles. The zero-order valence-corrected chi connectivity index (χ0v) is 17.4. The van der Waals surface area contributed by atoms with Crippen LogP contribution in [0.2, 0.25) is 0 Å². The lowest BCUT2D eigenvalue weighted by Crippen LogP contribution is -2.41. The highest BCUT2D eigenvalue weighted by atomic mass is 16.4. The van der Waals surface area contributed by atoms with Crippen molar-refractivity contribution in [2.75, 3.05) is 27.2 Å². The normalized spacial score (nSPS) is 13.7. The molecule has 0 fully saturated rings. The second kappa shape index (κ2) is 9.55. The quantitative estimate of drug-likeness (QED) is 0.577. The molecule has 2 aromatic rings. The average molecular weight is 372 g/mol. The number of hydrogen-bond donors (Lipinski definition) is 2. The number of nitrogens with zero attached hydrogens (tertiary/aromatic N) is 3. The Morgan fingerprint density at radius 1 is 1.19 bits per heavy atom. The highest BCUT2D eigenvalue weighted by molar-refractivity contribution is 5.79. The van der Waals surface area contributed by atoms with E-state index in [1.807, 2.05) is 6.07 Å². The molecule has 0 aliphatic heterocycles. The van der Waals surface area contributed by atoms with Crippen LogP contribution in [0.3, 0.4) is 0 Å². The molecule has 2 N–H and O–H groups in total. The molecular formula is C21H33N5O. The van der Waals surface area contributed by atoms with Crippen molar-refractivity contribution in [3.8, 4) is 0 Å². The summed E-state index contributed by atoms with van der Waals surface area (Å²) >= 11 is 0. The third kappa shape index (κ3) is 6.40. The number of nitrogens with one attached hydrogen (secondary N) is 2. The summed E-state index contributed by atoms with van der Waals surface area (Å²) in [6, 6.07) is 10.7. The maximum Gasteiger partial charge on any atom is 0.216 e. The summed E-state index contributed by atoms with van der Waals surface area (Å²) < 4.78 is 5.83. The van der Waals surface area contributed by atoms with Crippen molar-refractivity contribution < 1.29 is 4.42 Å². The first-order valence-corrected chi connectivity index (χ1v) is 9.50. The first-order chi connectivity index (χ1) is 12.8. The molecule has 0 aliphatic rings. The first-order valence-electron chi connectivity index (χ1n) is 9.50. The van der Waals surface area contributed by atoms with Crippen LogP contribution in [-0.2, 0) is 12.0 Å². The van der Waals surface area contributed by atoms with Gasteiger partial charge in [0.15, 0.2) is 5.96 Å². The van der Waals surface area contributed by atoms with Crippen LogP contribution >= 0.6 is 0 Å². The Kier molecular flexibility index (Phi) is 7.42. The molecule has 27 heavy (non-hydrogen) atoms. The molecule has 1 heterocycles. The van der Waals surface area contributed by atoms with E-state index in [0.29, 0.717) is 12.4 Å². The Morgan fingerprint density at radius 2 is 1.89 bits per heavy atom. The number of aliphatic imine (C=N–C) groups is 1. The van der Waals surface area contributed by atoms with E-state index >= 15 is 0 Å². The van der Waals surface area contributed by atoms with Crippen molar-refractivity contribution in [1.82, 2.24) is 20.5 Å². The fourth-order valence-corrected chi connectivity index (χ4v) is 2.69. The van der Waals surface area contributed by atoms with Gasteiger partial charge in [-0.3, -0.25) is 0 Å². The van der Waals surface area contributed by atoms with Crippen LogP contribution in [0.15, 0.2) is 45.9 Å². The van der Waals surface area contributed by atoms with Gasteiger partial charge < -0.3 is 20.0 Å². The summed E-state index contributed by atoms with van der Waals surface area (Å²) in [6.45, 7) is 10.3. The monoisotopic (exact) mass is 371 g/mol. The van der Waals surface area contributed by atoms with Crippen LogP contribution in [0.5, 0.6) is 0 Å². The van der Waals surface area contributed by atoms with Crippen molar-refractivity contribution in [3.63, 3.8) is 0 Å². The summed E-state index contributed by atoms with van der Waals surface area (Å²) in [5, 5.41) is 6.72. The van der Waals surface area contributed by atoms with Crippen molar-refractivity contribution >= 4 is 5.96 Å². The van der Waals surface area contributed by atoms with E-state index in [1.165, 1.54) is 5.56 Å². The molecule has 1 aromatic carbocycles. The van der Waals surface area contributed by atoms with E-state index in [2.05, 4.69) is 91.6 Å². The minimum Gasteiger partial charge on any atom is -0.443 e. The van der Waals surface area contributed by atoms with Crippen LogP contribution in [0.1, 0.15) is 51.0 Å². The van der Waals surface area contributed by atoms with Crippen LogP contribution in [0, 0.1) is 0 Å². The zero-order valence-electron chi connectivity index (χ0n) is 17.4. The van der Waals surface area contributed by atoms with Gasteiger partial charge in [-0.05, 0) is 26.6 Å². The van der Waals surface area contributed by atoms with Gasteiger partial charge in [-0.1, -0.05) is 51.1 Å². The predicted molar refractivity (Wildman–Crippen MR) is 111 cm³/mol. The Morgan fingerprint density at radius 3 is 2.44 bits per heavy atom. The van der Waals surface area contributed by atoms with Crippen molar-refractivity contribution in [1.29, 1.82) is 0 Å². The highest BCUT2D eigenvalue weighted by Crippen LogP contribution is 2.22. The topological polar surface area (TPSA) is 65.7 Å². The molecular weight excluding hydrogens is 338 g/mol. The van der Waals surface area contributed by atoms with Gasteiger partial charge in [0.1, 0.15) is 12.3 Å². The zero-order chi connectivity index (χ0) is 19.9. The van der Waals surface area contributed by atoms with Gasteiger partial charge in [0.2, 0.25) is 5.89 Å². The maximum atomic E-state index is 5.83. The van der Waals surface area contributed by atoms with E-state index in [-0.39, 0.29) is 11.5 Å². The van der Waals surface area contributed by atoms with Gasteiger partial charge in [-0.15, -0.1) is 0 Å². The molecule has 0 bridgehead atoms. The van der Waals surface area contributed by atoms with Gasteiger partial charge in [0, 0.05) is 18.5 Å². The van der Waals surface area contributed by atoms with Crippen molar-refractivity contribution in [3.05, 3.63) is 53.7 Å². The lowest BCUT2D eigenvalue weighted by atomic mass is 9.94. The molecule has 1 aromatic heterocycles. The number of rotatable bonds is 7. The van der Waals surface area contributed by atoms with Gasteiger partial charge in [-0.25, -0.2) is 9.98 Å². The van der Waals surface area contributed by atoms with Crippen LogP contribution < -0.4 is 10.6 Å². The Bertz CT molecular complexity index is 716. The number of aromatic nitrogens is 1. The molecule has 6 nitrogen and oxygen atoms in total. The SMILES string of the molecule is CCNC(=NCc1ncc(C(C)(C)C)o1)NCC(c1ccccc1)N(C)C. The highest BCUT2D eigenvalue weighted by Gasteiger charge is 2.19. The number of hydrogen-bond acceptors (Lipinski definition) is 4. The Balaban J connectivity index is 2.03. The van der Waals surface area contributed by atoms with Gasteiger partial charge in [0.05, 0.1) is 12.2 Å². The maximum absolute atomic E-state index is 5.83. The van der Waals surface area contributed by atoms with E-state index in [0.717, 1.165) is 24.8 Å². The van der Waals surface area contributed by atoms with Crippen molar-refractivity contribution in [2.45, 2.75) is 45.7 Å². The summed E-state index contributed by atoms with van der Waals surface area (Å²) in [5.74, 6) is 2.27. The van der Waals surface area contributed by atoms with Crippen LogP contribution in [0.4, 0.5) is 0 Å². The molecule has 1 atom stereocenters. The molecule has 0 amide bonds. The number of benzene rings is 1. The molecule has 0 spiro atoms. The molecule has 0 radical (unpaired) electrons. The third-order valence-electron chi connectivity index (χ3n) is 4.28. The Hall–Kier alpha value is -2.34. The second-order valence-electron chi connectivity index (χ2n) is 7.83. The molecule has 1 unspecified atom stereocenters. The second-order valence-corrected chi connectivity index (χ2v) is 7.83. The third-order valence-corrected chi connectivity index (χ3v) is 4.28. The lowest BCUT2D eigenvalue weighted by Gasteiger charge is -2.26. The molecule has 2 rings (SSSR count). The summed E-state index contributed by atoms with van der Waals surface area (Å²) in [4.78, 5) is 11.2. The van der Waals surface area contributed by atoms with Crippen molar-refractivity contribution in [2.24, 2.45) is 4.99 Å². The van der Waals surface area contributed by atoms with Gasteiger partial charge in [-0.2, -0.15) is 0 Å². The van der Waals surface area contributed by atoms with E-state index < -0.39 is 0 Å². The summed E-state index contributed by atoms with van der Waals surface area (Å²) in [7, 11) is 4.18. The molecule has 148 valence electrons. The van der Waals surface area contributed by atoms with E-state index in [1.54, 1.807) is 6.20 Å². The number of oxazole rings is 1. The smallest absolute Gasteiger partial charge is 0.216 e. The largest absolute Gasteiger partial charge is 0.443 e. The van der Waals surface area contributed by atoms with Gasteiger partial charge >= 0.3 is 0 Å². The Labute approximate surface area is 163 Å². The molecule has 6 heteroatoms. The van der Waals surface area contributed by atoms with Crippen LogP contribution in [0.25, 0.3) is 0 Å². The summed E-state index contributed by atoms with van der Waals surface area (Å²) in [6.07, 6.45) is 1.79. The first kappa shape index (κ1) is 21.0. The van der Waals surface area contributed by atoms with Gasteiger partial charge in [0.25, 0.3) is 0 Å². The lowest BCUT2D eigenvalue weighted by molar-refractivity contribution is 0.298. The number of guanidine groups is 1.